The van der Waals surface area contributed by atoms with Gasteiger partial charge in [-0.1, -0.05) is 30.3 Å². The number of carbonyl (C=O) groups excluding carboxylic acids is 3. The predicted molar refractivity (Wildman–Crippen MR) is 108 cm³/mol. The minimum Gasteiger partial charge on any atom is -0.349 e. The van der Waals surface area contributed by atoms with Crippen LogP contribution in [0.15, 0.2) is 54.6 Å². The van der Waals surface area contributed by atoms with Gasteiger partial charge in [0, 0.05) is 31.3 Å². The van der Waals surface area contributed by atoms with Gasteiger partial charge in [-0.2, -0.15) is 0 Å². The van der Waals surface area contributed by atoms with Crippen LogP contribution in [0.4, 0.5) is 5.69 Å². The normalized spacial score (nSPS) is 14.4. The van der Waals surface area contributed by atoms with Crippen LogP contribution in [0, 0.1) is 0 Å². The fraction of sp³-hybridized carbons (Fsp3) is 0.318. The zero-order valence-corrected chi connectivity index (χ0v) is 16.0. The standard InChI is InChI=1S/C22H25N3O3/c1-16(26)23-20(17-7-3-2-4-8-17)15-21(27)24-19-11-9-18(10-12-19)22(28)25-13-5-6-14-25/h2-4,7-12,20H,5-6,13-15H2,1H3,(H,23,26)(H,24,27). The minimum atomic E-state index is -0.394. The highest BCUT2D eigenvalue weighted by molar-refractivity contribution is 5.96. The molecule has 0 aromatic heterocycles. The van der Waals surface area contributed by atoms with E-state index < -0.39 is 6.04 Å². The first kappa shape index (κ1) is 19.6. The molecule has 6 nitrogen and oxygen atoms in total. The Labute approximate surface area is 164 Å². The molecule has 0 radical (unpaired) electrons. The summed E-state index contributed by atoms with van der Waals surface area (Å²) in [7, 11) is 0. The van der Waals surface area contributed by atoms with Crippen molar-refractivity contribution in [2.75, 3.05) is 18.4 Å². The summed E-state index contributed by atoms with van der Waals surface area (Å²) in [6.07, 6.45) is 2.23. The van der Waals surface area contributed by atoms with Gasteiger partial charge in [0.1, 0.15) is 0 Å². The van der Waals surface area contributed by atoms with Gasteiger partial charge in [-0.15, -0.1) is 0 Å². The van der Waals surface area contributed by atoms with Gasteiger partial charge < -0.3 is 15.5 Å². The average molecular weight is 379 g/mol. The summed E-state index contributed by atoms with van der Waals surface area (Å²) in [5.41, 5.74) is 2.12. The van der Waals surface area contributed by atoms with Gasteiger partial charge in [0.15, 0.2) is 0 Å². The van der Waals surface area contributed by atoms with Crippen molar-refractivity contribution in [3.8, 4) is 0 Å². The lowest BCUT2D eigenvalue weighted by Crippen LogP contribution is -2.29. The van der Waals surface area contributed by atoms with E-state index in [4.69, 9.17) is 0 Å². The van der Waals surface area contributed by atoms with Crippen LogP contribution in [-0.4, -0.2) is 35.7 Å². The number of benzene rings is 2. The molecule has 2 aromatic rings. The molecule has 1 saturated heterocycles. The first-order valence-corrected chi connectivity index (χ1v) is 9.54. The second-order valence-corrected chi connectivity index (χ2v) is 6.99. The van der Waals surface area contributed by atoms with E-state index in [0.29, 0.717) is 11.3 Å². The molecule has 1 aliphatic rings. The lowest BCUT2D eigenvalue weighted by molar-refractivity contribution is -0.120. The van der Waals surface area contributed by atoms with Crippen molar-refractivity contribution in [3.05, 3.63) is 65.7 Å². The Morgan fingerprint density at radius 3 is 2.21 bits per heavy atom. The zero-order chi connectivity index (χ0) is 19.9. The summed E-state index contributed by atoms with van der Waals surface area (Å²) in [5.74, 6) is -0.363. The topological polar surface area (TPSA) is 78.5 Å². The zero-order valence-electron chi connectivity index (χ0n) is 16.0. The van der Waals surface area contributed by atoms with E-state index in [-0.39, 0.29) is 24.1 Å². The van der Waals surface area contributed by atoms with Gasteiger partial charge in [-0.05, 0) is 42.7 Å². The fourth-order valence-corrected chi connectivity index (χ4v) is 3.38. The van der Waals surface area contributed by atoms with Crippen LogP contribution in [0.3, 0.4) is 0 Å². The third-order valence-corrected chi connectivity index (χ3v) is 4.78. The maximum atomic E-state index is 12.5. The molecule has 1 heterocycles. The molecule has 0 bridgehead atoms. The smallest absolute Gasteiger partial charge is 0.253 e. The Morgan fingerprint density at radius 2 is 1.61 bits per heavy atom. The van der Waals surface area contributed by atoms with Crippen molar-refractivity contribution in [1.82, 2.24) is 10.2 Å². The number of anilines is 1. The number of hydrogen-bond donors (Lipinski definition) is 2. The van der Waals surface area contributed by atoms with Crippen molar-refractivity contribution < 1.29 is 14.4 Å². The van der Waals surface area contributed by atoms with Gasteiger partial charge in [0.05, 0.1) is 12.5 Å². The molecule has 0 aliphatic carbocycles. The third kappa shape index (κ3) is 5.19. The lowest BCUT2D eigenvalue weighted by atomic mass is 10.0. The predicted octanol–water partition coefficient (Wildman–Crippen LogP) is 3.13. The van der Waals surface area contributed by atoms with Crippen LogP contribution >= 0.6 is 0 Å². The third-order valence-electron chi connectivity index (χ3n) is 4.78. The van der Waals surface area contributed by atoms with E-state index in [1.54, 1.807) is 24.3 Å². The number of carbonyl (C=O) groups is 3. The summed E-state index contributed by atoms with van der Waals surface area (Å²) in [4.78, 5) is 38.2. The highest BCUT2D eigenvalue weighted by Gasteiger charge is 2.20. The molecular weight excluding hydrogens is 354 g/mol. The molecule has 2 N–H and O–H groups in total. The Hall–Kier alpha value is -3.15. The van der Waals surface area contributed by atoms with Gasteiger partial charge in [-0.3, -0.25) is 14.4 Å². The Morgan fingerprint density at radius 1 is 0.964 bits per heavy atom. The lowest BCUT2D eigenvalue weighted by Gasteiger charge is -2.18. The number of hydrogen-bond acceptors (Lipinski definition) is 3. The monoisotopic (exact) mass is 379 g/mol. The molecule has 3 amide bonds. The second kappa shape index (κ2) is 9.17. The van der Waals surface area contributed by atoms with Crippen LogP contribution < -0.4 is 10.6 Å². The summed E-state index contributed by atoms with van der Waals surface area (Å²) >= 11 is 0. The summed E-state index contributed by atoms with van der Waals surface area (Å²) in [6.45, 7) is 3.05. The number of nitrogens with zero attached hydrogens (tertiary/aromatic N) is 1. The number of rotatable bonds is 6. The fourth-order valence-electron chi connectivity index (χ4n) is 3.38. The second-order valence-electron chi connectivity index (χ2n) is 6.99. The molecule has 0 saturated carbocycles. The summed E-state index contributed by atoms with van der Waals surface area (Å²) in [6, 6.07) is 15.9. The van der Waals surface area contributed by atoms with Gasteiger partial charge >= 0.3 is 0 Å². The quantitative estimate of drug-likeness (QED) is 0.809. The number of nitrogens with one attached hydrogen (secondary N) is 2. The molecular formula is C22H25N3O3. The molecule has 1 atom stereocenters. The minimum absolute atomic E-state index is 0.0326. The molecule has 28 heavy (non-hydrogen) atoms. The Kier molecular flexibility index (Phi) is 6.42. The van der Waals surface area contributed by atoms with Crippen molar-refractivity contribution >= 4 is 23.4 Å². The largest absolute Gasteiger partial charge is 0.349 e. The highest BCUT2D eigenvalue weighted by Crippen LogP contribution is 2.19. The van der Waals surface area contributed by atoms with Gasteiger partial charge in [0.2, 0.25) is 11.8 Å². The highest BCUT2D eigenvalue weighted by atomic mass is 16.2. The van der Waals surface area contributed by atoms with Crippen molar-refractivity contribution in [3.63, 3.8) is 0 Å². The van der Waals surface area contributed by atoms with Crippen molar-refractivity contribution in [2.45, 2.75) is 32.2 Å². The van der Waals surface area contributed by atoms with Crippen LogP contribution in [0.25, 0.3) is 0 Å². The molecule has 1 aliphatic heterocycles. The first-order chi connectivity index (χ1) is 13.5. The summed E-state index contributed by atoms with van der Waals surface area (Å²) in [5, 5.41) is 5.65. The molecule has 3 rings (SSSR count). The van der Waals surface area contributed by atoms with Crippen LogP contribution in [0.5, 0.6) is 0 Å². The molecule has 2 aromatic carbocycles. The van der Waals surface area contributed by atoms with Crippen LogP contribution in [0.1, 0.15) is 48.1 Å². The molecule has 146 valence electrons. The van der Waals surface area contributed by atoms with Crippen LogP contribution in [0.2, 0.25) is 0 Å². The van der Waals surface area contributed by atoms with E-state index in [1.165, 1.54) is 6.92 Å². The van der Waals surface area contributed by atoms with E-state index in [0.717, 1.165) is 31.5 Å². The molecule has 1 unspecified atom stereocenters. The first-order valence-electron chi connectivity index (χ1n) is 9.54. The van der Waals surface area contributed by atoms with E-state index in [1.807, 2.05) is 35.2 Å². The van der Waals surface area contributed by atoms with E-state index in [2.05, 4.69) is 10.6 Å². The molecule has 0 spiro atoms. The van der Waals surface area contributed by atoms with E-state index >= 15 is 0 Å². The SMILES string of the molecule is CC(=O)NC(CC(=O)Nc1ccc(C(=O)N2CCCC2)cc1)c1ccccc1. The Bertz CT molecular complexity index is 828. The number of amides is 3. The van der Waals surface area contributed by atoms with Gasteiger partial charge in [-0.25, -0.2) is 0 Å². The molecule has 6 heteroatoms. The van der Waals surface area contributed by atoms with E-state index in [9.17, 15) is 14.4 Å². The maximum Gasteiger partial charge on any atom is 0.253 e. The maximum absolute atomic E-state index is 12.5. The average Bonchev–Trinajstić information content (AvgIpc) is 3.22. The Balaban J connectivity index is 1.61. The molecule has 1 fully saturated rings. The van der Waals surface area contributed by atoms with Gasteiger partial charge in [0.25, 0.3) is 5.91 Å². The van der Waals surface area contributed by atoms with Crippen LogP contribution in [-0.2, 0) is 9.59 Å². The van der Waals surface area contributed by atoms with Crippen molar-refractivity contribution in [2.24, 2.45) is 0 Å². The number of likely N-dealkylation sites (tertiary alicyclic amines) is 1. The van der Waals surface area contributed by atoms with Crippen molar-refractivity contribution in [1.29, 1.82) is 0 Å². The summed E-state index contributed by atoms with van der Waals surface area (Å²) < 4.78 is 0.